The highest BCUT2D eigenvalue weighted by atomic mass is 16.2. The van der Waals surface area contributed by atoms with Gasteiger partial charge in [-0.25, -0.2) is 0 Å². The number of amides is 2. The summed E-state index contributed by atoms with van der Waals surface area (Å²) in [6.45, 7) is 2.70. The quantitative estimate of drug-likeness (QED) is 0.268. The van der Waals surface area contributed by atoms with Crippen molar-refractivity contribution >= 4 is 17.6 Å². The molecule has 1 spiro atoms. The van der Waals surface area contributed by atoms with E-state index in [2.05, 4.69) is 63.2 Å². The van der Waals surface area contributed by atoms with Crippen LogP contribution in [-0.4, -0.2) is 55.8 Å². The molecule has 0 unspecified atom stereocenters. The third-order valence-electron chi connectivity index (χ3n) is 8.40. The van der Waals surface area contributed by atoms with Gasteiger partial charge in [0.1, 0.15) is 11.4 Å². The van der Waals surface area contributed by atoms with E-state index in [1.54, 1.807) is 7.05 Å². The van der Waals surface area contributed by atoms with E-state index < -0.39 is 5.54 Å². The summed E-state index contributed by atoms with van der Waals surface area (Å²) in [5.74, 6) is 1.51. The van der Waals surface area contributed by atoms with Crippen molar-refractivity contribution in [2.75, 3.05) is 7.05 Å². The predicted octanol–water partition coefficient (Wildman–Crippen LogP) is 5.80. The number of aromatic amines is 1. The van der Waals surface area contributed by atoms with Gasteiger partial charge < -0.3 is 5.32 Å². The van der Waals surface area contributed by atoms with Gasteiger partial charge in [0, 0.05) is 24.6 Å². The average molecular weight is 562 g/mol. The van der Waals surface area contributed by atoms with Crippen molar-refractivity contribution in [2.24, 2.45) is 4.99 Å². The lowest BCUT2D eigenvalue weighted by Gasteiger charge is -2.23. The van der Waals surface area contributed by atoms with Gasteiger partial charge in [-0.3, -0.25) is 19.5 Å². The minimum absolute atomic E-state index is 0.118. The molecule has 1 aliphatic carbocycles. The van der Waals surface area contributed by atoms with Crippen molar-refractivity contribution in [1.82, 2.24) is 30.8 Å². The summed E-state index contributed by atoms with van der Waals surface area (Å²) in [7, 11) is 1.62. The zero-order valence-electron chi connectivity index (χ0n) is 24.1. The van der Waals surface area contributed by atoms with Gasteiger partial charge in [-0.15, -0.1) is 10.2 Å². The normalized spacial score (nSPS) is 15.8. The monoisotopic (exact) mass is 561 g/mol. The van der Waals surface area contributed by atoms with Gasteiger partial charge in [0.15, 0.2) is 0 Å². The molecule has 42 heavy (non-hydrogen) atoms. The number of benzene rings is 3. The Morgan fingerprint density at radius 3 is 2.33 bits per heavy atom. The van der Waals surface area contributed by atoms with Crippen LogP contribution in [0.2, 0.25) is 0 Å². The highest BCUT2D eigenvalue weighted by molar-refractivity contribution is 6.08. The molecule has 214 valence electrons. The van der Waals surface area contributed by atoms with Crippen LogP contribution in [0.15, 0.2) is 71.7 Å². The van der Waals surface area contributed by atoms with E-state index in [4.69, 9.17) is 4.99 Å². The zero-order chi connectivity index (χ0) is 29.1. The van der Waals surface area contributed by atoms with Crippen LogP contribution in [-0.2, 0) is 11.3 Å². The molecule has 2 N–H and O–H groups in total. The van der Waals surface area contributed by atoms with E-state index in [1.165, 1.54) is 0 Å². The maximum Gasteiger partial charge on any atom is 0.256 e. The van der Waals surface area contributed by atoms with Gasteiger partial charge in [-0.05, 0) is 76.6 Å². The van der Waals surface area contributed by atoms with Crippen molar-refractivity contribution in [3.8, 4) is 33.6 Å². The second-order valence-corrected chi connectivity index (χ2v) is 11.1. The molecular weight excluding hydrogens is 526 g/mol. The van der Waals surface area contributed by atoms with Crippen LogP contribution < -0.4 is 5.32 Å². The zero-order valence-corrected chi connectivity index (χ0v) is 24.1. The highest BCUT2D eigenvalue weighted by Crippen LogP contribution is 2.40. The Kier molecular flexibility index (Phi) is 7.65. The number of nitrogens with zero attached hydrogens (tertiary/aromatic N) is 5. The molecule has 0 saturated heterocycles. The second-order valence-electron chi connectivity index (χ2n) is 11.1. The lowest BCUT2D eigenvalue weighted by molar-refractivity contribution is -0.131. The molecule has 2 amide bonds. The lowest BCUT2D eigenvalue weighted by atomic mass is 9.93. The second kappa shape index (κ2) is 11.7. The molecule has 1 aromatic heterocycles. The number of tetrazole rings is 1. The molecule has 6 rings (SSSR count). The smallest absolute Gasteiger partial charge is 0.256 e. The van der Waals surface area contributed by atoms with Crippen LogP contribution in [0.3, 0.4) is 0 Å². The number of carbonyl (C=O) groups excluding carboxylic acids is 2. The molecule has 3 aromatic carbocycles. The summed E-state index contributed by atoms with van der Waals surface area (Å²) < 4.78 is 0. The van der Waals surface area contributed by atoms with Crippen molar-refractivity contribution in [3.63, 3.8) is 0 Å². The summed E-state index contributed by atoms with van der Waals surface area (Å²) >= 11 is 0. The summed E-state index contributed by atoms with van der Waals surface area (Å²) in [4.78, 5) is 32.5. The molecule has 1 saturated carbocycles. The minimum Gasteiger partial charge on any atom is -0.355 e. The molecule has 0 bridgehead atoms. The Morgan fingerprint density at radius 1 is 0.952 bits per heavy atom. The van der Waals surface area contributed by atoms with E-state index in [1.807, 2.05) is 41.3 Å². The number of aromatic nitrogens is 4. The third kappa shape index (κ3) is 5.22. The first-order chi connectivity index (χ1) is 20.5. The van der Waals surface area contributed by atoms with Crippen LogP contribution in [0.4, 0.5) is 0 Å². The Labute approximate surface area is 245 Å². The van der Waals surface area contributed by atoms with Crippen LogP contribution in [0.25, 0.3) is 33.6 Å². The summed E-state index contributed by atoms with van der Waals surface area (Å²) in [6, 6.07) is 22.0. The van der Waals surface area contributed by atoms with Gasteiger partial charge in [-0.2, -0.15) is 5.21 Å². The first-order valence-electron chi connectivity index (χ1n) is 14.7. The van der Waals surface area contributed by atoms with Gasteiger partial charge >= 0.3 is 0 Å². The van der Waals surface area contributed by atoms with Crippen LogP contribution >= 0.6 is 0 Å². The first-order valence-corrected chi connectivity index (χ1v) is 14.7. The molecule has 2 aliphatic rings. The lowest BCUT2D eigenvalue weighted by Crippen LogP contribution is -2.40. The largest absolute Gasteiger partial charge is 0.355 e. The Hall–Kier alpha value is -4.66. The van der Waals surface area contributed by atoms with E-state index >= 15 is 0 Å². The fourth-order valence-corrected chi connectivity index (χ4v) is 6.06. The maximum absolute atomic E-state index is 13.6. The molecule has 0 atom stereocenters. The van der Waals surface area contributed by atoms with Crippen LogP contribution in [0.5, 0.6) is 0 Å². The average Bonchev–Trinajstić information content (AvgIpc) is 3.79. The summed E-state index contributed by atoms with van der Waals surface area (Å²) in [5, 5.41) is 17.4. The number of amidine groups is 1. The minimum atomic E-state index is -0.526. The van der Waals surface area contributed by atoms with E-state index in [9.17, 15) is 9.59 Å². The highest BCUT2D eigenvalue weighted by Gasteiger charge is 2.49. The Bertz CT molecular complexity index is 1600. The van der Waals surface area contributed by atoms with Crippen LogP contribution in [0.1, 0.15) is 67.8 Å². The molecule has 2 heterocycles. The van der Waals surface area contributed by atoms with Crippen molar-refractivity contribution in [3.05, 3.63) is 77.9 Å². The Balaban J connectivity index is 1.29. The molecular formula is C33H35N7O2. The van der Waals surface area contributed by atoms with Gasteiger partial charge in [0.25, 0.3) is 11.8 Å². The van der Waals surface area contributed by atoms with Gasteiger partial charge in [0.2, 0.25) is 5.82 Å². The number of nitrogens with one attached hydrogen (secondary N) is 2. The van der Waals surface area contributed by atoms with Gasteiger partial charge in [0.05, 0.1) is 6.54 Å². The third-order valence-corrected chi connectivity index (χ3v) is 8.40. The predicted molar refractivity (Wildman–Crippen MR) is 163 cm³/mol. The molecule has 0 radical (unpaired) electrons. The molecule has 9 nitrogen and oxygen atoms in total. The van der Waals surface area contributed by atoms with Gasteiger partial charge in [-0.1, -0.05) is 68.7 Å². The summed E-state index contributed by atoms with van der Waals surface area (Å²) in [5.41, 5.74) is 5.96. The number of rotatable bonds is 9. The number of unbranched alkanes of at least 4 members (excludes halogenated alkanes) is 1. The van der Waals surface area contributed by atoms with E-state index in [-0.39, 0.29) is 11.8 Å². The molecule has 9 heteroatoms. The van der Waals surface area contributed by atoms with Crippen molar-refractivity contribution in [2.45, 2.75) is 64.0 Å². The van der Waals surface area contributed by atoms with E-state index in [0.717, 1.165) is 84.2 Å². The van der Waals surface area contributed by atoms with Crippen molar-refractivity contribution < 1.29 is 9.59 Å². The molecule has 4 aromatic rings. The maximum atomic E-state index is 13.6. The first kappa shape index (κ1) is 27.5. The topological polar surface area (TPSA) is 116 Å². The number of carbonyl (C=O) groups is 2. The molecule has 1 fully saturated rings. The number of hydrogen-bond acceptors (Lipinski definition) is 6. The fraction of sp³-hybridized carbons (Fsp3) is 0.333. The summed E-state index contributed by atoms with van der Waals surface area (Å²) in [6.07, 6.45) is 6.80. The van der Waals surface area contributed by atoms with Crippen molar-refractivity contribution in [1.29, 1.82) is 0 Å². The molecule has 1 aliphatic heterocycles. The number of hydrogen-bond donors (Lipinski definition) is 2. The Morgan fingerprint density at radius 2 is 1.67 bits per heavy atom. The van der Waals surface area contributed by atoms with Crippen LogP contribution in [0, 0.1) is 0 Å². The standard InChI is InChI=1S/C33H35N7O2/c1-3-4-7-29-35-33(18-5-6-19-33)32(42)40(29)21-22-8-10-24(11-9-22)28-20-26(16-17-27(28)30-36-38-39-37-30)23-12-14-25(15-13-23)31(41)34-2/h8-17,20H,3-7,18-19,21H2,1-2H3,(H,34,41)(H,36,37,38,39). The fourth-order valence-electron chi connectivity index (χ4n) is 6.06. The van der Waals surface area contributed by atoms with E-state index in [0.29, 0.717) is 17.9 Å². The number of H-pyrrole nitrogens is 1. The SMILES string of the molecule is CCCCC1=NC2(CCCC2)C(=O)N1Cc1ccc(-c2cc(-c3ccc(C(=O)NC)cc3)ccc2-c2nn[nH]n2)cc1. The number of aliphatic imine (C=N–C) groups is 1.